The summed E-state index contributed by atoms with van der Waals surface area (Å²) in [5.41, 5.74) is 1.39. The first-order chi connectivity index (χ1) is 10.4. The van der Waals surface area contributed by atoms with Gasteiger partial charge in [0.1, 0.15) is 6.33 Å². The molecule has 1 aliphatic rings. The number of nitrogens with zero attached hydrogens (tertiary/aromatic N) is 5. The Morgan fingerprint density at radius 1 is 1.32 bits per heavy atom. The smallest absolute Gasteiger partial charge is 0.227 e. The third kappa shape index (κ3) is 3.12. The first-order valence-corrected chi connectivity index (χ1v) is 8.28. The number of carbonyl (C=O) groups is 1. The molecule has 1 unspecified atom stereocenters. The van der Waals surface area contributed by atoms with Crippen LogP contribution in [0.1, 0.15) is 6.42 Å². The van der Waals surface area contributed by atoms with Crippen LogP contribution in [0.2, 0.25) is 0 Å². The van der Waals surface area contributed by atoms with Crippen molar-refractivity contribution in [3.05, 3.63) is 30.6 Å². The van der Waals surface area contributed by atoms with Crippen molar-refractivity contribution in [2.45, 2.75) is 6.42 Å². The average molecular weight is 322 g/mol. The zero-order chi connectivity index (χ0) is 15.7. The molecule has 0 bridgehead atoms. The van der Waals surface area contributed by atoms with Gasteiger partial charge in [-0.3, -0.25) is 4.79 Å². The minimum absolute atomic E-state index is 0.123. The molecule has 1 aliphatic heterocycles. The predicted molar refractivity (Wildman–Crippen MR) is 77.6 cm³/mol. The van der Waals surface area contributed by atoms with Crippen molar-refractivity contribution in [3.63, 3.8) is 0 Å². The minimum Gasteiger partial charge on any atom is -0.312 e. The molecule has 2 aromatic rings. The molecule has 0 saturated carbocycles. The highest BCUT2D eigenvalue weighted by Crippen LogP contribution is 2.27. The summed E-state index contributed by atoms with van der Waals surface area (Å²) in [5.74, 6) is -0.608. The molecule has 1 fully saturated rings. The summed E-state index contributed by atoms with van der Waals surface area (Å²) < 4.78 is 23.8. The number of hydrogen-bond donors (Lipinski definition) is 1. The van der Waals surface area contributed by atoms with Crippen molar-refractivity contribution in [1.29, 1.82) is 0 Å². The SMILES string of the molecule is NS(=O)(=O)CC1CC(=O)N(c2cccc(-n3cnnn3)c2)C1. The van der Waals surface area contributed by atoms with E-state index in [1.807, 2.05) is 6.07 Å². The first kappa shape index (κ1) is 14.6. The van der Waals surface area contributed by atoms with Crippen LogP contribution in [-0.2, 0) is 14.8 Å². The van der Waals surface area contributed by atoms with E-state index in [4.69, 9.17) is 5.14 Å². The summed E-state index contributed by atoms with van der Waals surface area (Å²) in [6, 6.07) is 7.15. The molecular formula is C12H14N6O3S. The summed E-state index contributed by atoms with van der Waals surface area (Å²) in [4.78, 5) is 13.7. The van der Waals surface area contributed by atoms with E-state index in [9.17, 15) is 13.2 Å². The van der Waals surface area contributed by atoms with E-state index in [-0.39, 0.29) is 24.0 Å². The third-order valence-corrected chi connectivity index (χ3v) is 4.36. The van der Waals surface area contributed by atoms with E-state index in [0.717, 1.165) is 0 Å². The second-order valence-electron chi connectivity index (χ2n) is 5.18. The lowest BCUT2D eigenvalue weighted by Crippen LogP contribution is -2.27. The van der Waals surface area contributed by atoms with Crippen molar-refractivity contribution < 1.29 is 13.2 Å². The first-order valence-electron chi connectivity index (χ1n) is 6.56. The van der Waals surface area contributed by atoms with Crippen molar-refractivity contribution in [2.24, 2.45) is 11.1 Å². The van der Waals surface area contributed by atoms with Crippen LogP contribution < -0.4 is 10.0 Å². The van der Waals surface area contributed by atoms with Crippen molar-refractivity contribution >= 4 is 21.6 Å². The molecule has 0 radical (unpaired) electrons. The van der Waals surface area contributed by atoms with Gasteiger partial charge in [0.05, 0.1) is 11.4 Å². The maximum atomic E-state index is 12.1. The van der Waals surface area contributed by atoms with Gasteiger partial charge >= 0.3 is 0 Å². The second-order valence-corrected chi connectivity index (χ2v) is 6.84. The van der Waals surface area contributed by atoms with Gasteiger partial charge in [0, 0.05) is 24.6 Å². The molecule has 2 heterocycles. The summed E-state index contributed by atoms with van der Waals surface area (Å²) in [6.07, 6.45) is 1.63. The van der Waals surface area contributed by atoms with Crippen LogP contribution in [0.15, 0.2) is 30.6 Å². The molecule has 0 spiro atoms. The maximum absolute atomic E-state index is 12.1. The Labute approximate surface area is 126 Å². The van der Waals surface area contributed by atoms with E-state index < -0.39 is 10.0 Å². The molecule has 1 aromatic carbocycles. The maximum Gasteiger partial charge on any atom is 0.227 e. The highest BCUT2D eigenvalue weighted by atomic mass is 32.2. The van der Waals surface area contributed by atoms with E-state index in [1.54, 1.807) is 23.1 Å². The summed E-state index contributed by atoms with van der Waals surface area (Å²) in [7, 11) is -3.59. The topological polar surface area (TPSA) is 124 Å². The zero-order valence-electron chi connectivity index (χ0n) is 11.5. The summed E-state index contributed by atoms with van der Waals surface area (Å²) >= 11 is 0. The molecule has 22 heavy (non-hydrogen) atoms. The van der Waals surface area contributed by atoms with Crippen LogP contribution in [0.4, 0.5) is 5.69 Å². The molecule has 0 aliphatic carbocycles. The molecule has 1 aromatic heterocycles. The summed E-state index contributed by atoms with van der Waals surface area (Å²) in [5, 5.41) is 16.0. The molecule has 1 atom stereocenters. The molecule has 10 heteroatoms. The van der Waals surface area contributed by atoms with Gasteiger partial charge in [0.25, 0.3) is 0 Å². The Morgan fingerprint density at radius 3 is 2.77 bits per heavy atom. The van der Waals surface area contributed by atoms with Crippen LogP contribution in [0.5, 0.6) is 0 Å². The number of anilines is 1. The monoisotopic (exact) mass is 322 g/mol. The molecule has 1 amide bonds. The number of rotatable bonds is 4. The van der Waals surface area contributed by atoms with E-state index in [2.05, 4.69) is 15.5 Å². The number of carbonyl (C=O) groups excluding carboxylic acids is 1. The fourth-order valence-electron chi connectivity index (χ4n) is 2.55. The Morgan fingerprint density at radius 2 is 2.09 bits per heavy atom. The van der Waals surface area contributed by atoms with Gasteiger partial charge in [0.2, 0.25) is 15.9 Å². The van der Waals surface area contributed by atoms with E-state index in [1.165, 1.54) is 11.0 Å². The van der Waals surface area contributed by atoms with Crippen molar-refractivity contribution in [1.82, 2.24) is 20.2 Å². The third-order valence-electron chi connectivity index (χ3n) is 3.43. The fourth-order valence-corrected chi connectivity index (χ4v) is 3.43. The molecule has 9 nitrogen and oxygen atoms in total. The number of sulfonamides is 1. The van der Waals surface area contributed by atoms with Gasteiger partial charge in [-0.2, -0.15) is 0 Å². The predicted octanol–water partition coefficient (Wildman–Crippen LogP) is -0.696. The van der Waals surface area contributed by atoms with Crippen LogP contribution in [0, 0.1) is 5.92 Å². The average Bonchev–Trinajstić information content (AvgIpc) is 3.07. The minimum atomic E-state index is -3.59. The zero-order valence-corrected chi connectivity index (χ0v) is 12.3. The number of amides is 1. The lowest BCUT2D eigenvalue weighted by Gasteiger charge is -2.17. The molecule has 2 N–H and O–H groups in total. The molecular weight excluding hydrogens is 308 g/mol. The standard InChI is InChI=1S/C12H14N6O3S/c13-22(20,21)7-9-4-12(19)17(6-9)10-2-1-3-11(5-10)18-8-14-15-16-18/h1-3,5,8-9H,4,6-7H2,(H2,13,20,21). The van der Waals surface area contributed by atoms with Gasteiger partial charge in [-0.15, -0.1) is 5.10 Å². The van der Waals surface area contributed by atoms with Gasteiger partial charge < -0.3 is 4.90 Å². The quantitative estimate of drug-likeness (QED) is 0.794. The van der Waals surface area contributed by atoms with E-state index in [0.29, 0.717) is 17.9 Å². The van der Waals surface area contributed by atoms with Gasteiger partial charge in [0.15, 0.2) is 0 Å². The number of nitrogens with two attached hydrogens (primary N) is 1. The lowest BCUT2D eigenvalue weighted by molar-refractivity contribution is -0.117. The van der Waals surface area contributed by atoms with Gasteiger partial charge in [-0.1, -0.05) is 6.07 Å². The Balaban J connectivity index is 1.83. The van der Waals surface area contributed by atoms with Crippen LogP contribution in [-0.4, -0.2) is 46.8 Å². The van der Waals surface area contributed by atoms with Crippen molar-refractivity contribution in [3.8, 4) is 5.69 Å². The number of aromatic nitrogens is 4. The number of benzene rings is 1. The van der Waals surface area contributed by atoms with Crippen molar-refractivity contribution in [2.75, 3.05) is 17.2 Å². The Hall–Kier alpha value is -2.33. The van der Waals surface area contributed by atoms with E-state index >= 15 is 0 Å². The van der Waals surface area contributed by atoms with Crippen LogP contribution in [0.25, 0.3) is 5.69 Å². The highest BCUT2D eigenvalue weighted by Gasteiger charge is 2.32. The molecule has 1 saturated heterocycles. The largest absolute Gasteiger partial charge is 0.312 e. The Kier molecular flexibility index (Phi) is 3.62. The van der Waals surface area contributed by atoms with Crippen LogP contribution in [0.3, 0.4) is 0 Å². The number of tetrazole rings is 1. The molecule has 3 rings (SSSR count). The highest BCUT2D eigenvalue weighted by molar-refractivity contribution is 7.89. The van der Waals surface area contributed by atoms with Crippen LogP contribution >= 0.6 is 0 Å². The number of hydrogen-bond acceptors (Lipinski definition) is 6. The normalized spacial score (nSPS) is 18.9. The molecule has 116 valence electrons. The van der Waals surface area contributed by atoms with Gasteiger partial charge in [-0.25, -0.2) is 18.2 Å². The fraction of sp³-hybridized carbons (Fsp3) is 0.333. The van der Waals surface area contributed by atoms with Gasteiger partial charge in [-0.05, 0) is 28.6 Å². The lowest BCUT2D eigenvalue weighted by atomic mass is 10.1. The Bertz CT molecular complexity index is 789. The number of primary sulfonamides is 1. The second kappa shape index (κ2) is 5.46. The summed E-state index contributed by atoms with van der Waals surface area (Å²) in [6.45, 7) is 0.328.